The van der Waals surface area contributed by atoms with Gasteiger partial charge in [0.05, 0.1) is 5.92 Å². The van der Waals surface area contributed by atoms with E-state index in [9.17, 15) is 18.0 Å². The van der Waals surface area contributed by atoms with E-state index in [1.807, 2.05) is 0 Å². The van der Waals surface area contributed by atoms with Crippen LogP contribution in [0, 0.1) is 5.92 Å². The third-order valence-corrected chi connectivity index (χ3v) is 1.26. The van der Waals surface area contributed by atoms with Crippen molar-refractivity contribution >= 4 is 12.0 Å². The Bertz CT molecular complexity index is 186. The molecular weight excluding hydrogens is 171 g/mol. The second-order valence-corrected chi connectivity index (χ2v) is 2.46. The minimum Gasteiger partial charge on any atom is -0.300 e. The highest BCUT2D eigenvalue weighted by Crippen LogP contribution is 2.27. The number of carbonyl (C=O) groups is 1. The lowest BCUT2D eigenvalue weighted by Crippen LogP contribution is -2.26. The zero-order chi connectivity index (χ0) is 9.78. The number of Topliss-reactive ketones (excluding diaryl/α,β-unsaturated/α-hetero) is 1. The third-order valence-electron chi connectivity index (χ3n) is 1.26. The molecule has 1 unspecified atom stereocenters. The maximum atomic E-state index is 12.0. The van der Waals surface area contributed by atoms with Crippen molar-refractivity contribution in [3.05, 3.63) is 0 Å². The number of carbonyl (C=O) groups excluding carboxylic acids is 1. The zero-order valence-corrected chi connectivity index (χ0v) is 6.85. The van der Waals surface area contributed by atoms with Gasteiger partial charge in [-0.3, -0.25) is 4.79 Å². The molecule has 5 heteroatoms. The van der Waals surface area contributed by atoms with Crippen LogP contribution in [0.1, 0.15) is 13.3 Å². The molecule has 12 heavy (non-hydrogen) atoms. The lowest BCUT2D eigenvalue weighted by molar-refractivity contribution is -0.159. The number of nitrogens with zero attached hydrogens (tertiary/aromatic N) is 1. The molecule has 0 aromatic heterocycles. The lowest BCUT2D eigenvalue weighted by Gasteiger charge is -2.13. The van der Waals surface area contributed by atoms with E-state index in [2.05, 4.69) is 4.99 Å². The van der Waals surface area contributed by atoms with Crippen LogP contribution in [-0.4, -0.2) is 25.2 Å². The van der Waals surface area contributed by atoms with Gasteiger partial charge in [0.1, 0.15) is 5.78 Å². The predicted octanol–water partition coefficient (Wildman–Crippen LogP) is 1.84. The Hall–Kier alpha value is -0.870. The van der Waals surface area contributed by atoms with Crippen molar-refractivity contribution in [3.8, 4) is 0 Å². The summed E-state index contributed by atoms with van der Waals surface area (Å²) >= 11 is 0. The Labute approximate surface area is 68.5 Å². The average molecular weight is 181 g/mol. The molecule has 0 saturated heterocycles. The van der Waals surface area contributed by atoms with Crippen LogP contribution in [0.5, 0.6) is 0 Å². The Morgan fingerprint density at radius 3 is 2.33 bits per heavy atom. The molecule has 0 bridgehead atoms. The van der Waals surface area contributed by atoms with Crippen molar-refractivity contribution in [2.45, 2.75) is 19.5 Å². The first-order valence-electron chi connectivity index (χ1n) is 3.36. The molecule has 70 valence electrons. The van der Waals surface area contributed by atoms with Gasteiger partial charge < -0.3 is 4.99 Å². The molecule has 0 saturated carbocycles. The highest BCUT2D eigenvalue weighted by molar-refractivity contribution is 5.79. The summed E-state index contributed by atoms with van der Waals surface area (Å²) in [5, 5.41) is 0. The van der Waals surface area contributed by atoms with Crippen molar-refractivity contribution in [2.75, 3.05) is 7.05 Å². The van der Waals surface area contributed by atoms with Crippen molar-refractivity contribution in [1.82, 2.24) is 0 Å². The molecule has 0 spiro atoms. The number of ketones is 1. The number of hydrogen-bond acceptors (Lipinski definition) is 2. The summed E-state index contributed by atoms with van der Waals surface area (Å²) in [7, 11) is 1.25. The quantitative estimate of drug-likeness (QED) is 0.611. The highest BCUT2D eigenvalue weighted by atomic mass is 19.4. The molecule has 0 aliphatic rings. The van der Waals surface area contributed by atoms with Crippen molar-refractivity contribution in [1.29, 1.82) is 0 Å². The fourth-order valence-corrected chi connectivity index (χ4v) is 0.743. The van der Waals surface area contributed by atoms with Crippen LogP contribution in [0.25, 0.3) is 0 Å². The molecule has 0 radical (unpaired) electrons. The summed E-state index contributed by atoms with van der Waals surface area (Å²) in [6.07, 6.45) is -4.15. The Morgan fingerprint density at radius 1 is 1.58 bits per heavy atom. The smallest absolute Gasteiger partial charge is 0.300 e. The highest BCUT2D eigenvalue weighted by Gasteiger charge is 2.38. The van der Waals surface area contributed by atoms with Gasteiger partial charge in [-0.1, -0.05) is 0 Å². The van der Waals surface area contributed by atoms with Crippen LogP contribution in [0.2, 0.25) is 0 Å². The Morgan fingerprint density at radius 2 is 2.08 bits per heavy atom. The first-order valence-corrected chi connectivity index (χ1v) is 3.36. The second-order valence-electron chi connectivity index (χ2n) is 2.46. The number of rotatable bonds is 3. The number of alkyl halides is 3. The molecule has 0 aromatic carbocycles. The van der Waals surface area contributed by atoms with E-state index >= 15 is 0 Å². The molecule has 0 fully saturated rings. The summed E-state index contributed by atoms with van der Waals surface area (Å²) < 4.78 is 36.1. The van der Waals surface area contributed by atoms with Gasteiger partial charge in [-0.15, -0.1) is 0 Å². The van der Waals surface area contributed by atoms with Crippen LogP contribution in [0.4, 0.5) is 13.2 Å². The maximum Gasteiger partial charge on any atom is 0.397 e. The van der Waals surface area contributed by atoms with Crippen LogP contribution >= 0.6 is 0 Å². The van der Waals surface area contributed by atoms with Gasteiger partial charge in [-0.25, -0.2) is 0 Å². The monoisotopic (exact) mass is 181 g/mol. The standard InChI is InChI=1S/C7H10F3NO/c1-5(12)3-6(4-11-2)7(8,9)10/h4,6H,3H2,1-2H3. The minimum absolute atomic E-state index is 0.489. The van der Waals surface area contributed by atoms with Gasteiger partial charge in [0, 0.05) is 19.7 Å². The second kappa shape index (κ2) is 4.23. The van der Waals surface area contributed by atoms with E-state index < -0.39 is 24.3 Å². The normalized spacial score (nSPS) is 15.1. The summed E-state index contributed by atoms with van der Waals surface area (Å²) in [4.78, 5) is 13.7. The van der Waals surface area contributed by atoms with Gasteiger partial charge >= 0.3 is 6.18 Å². The lowest BCUT2D eigenvalue weighted by atomic mass is 10.0. The molecule has 0 aromatic rings. The Kier molecular flexibility index (Phi) is 3.92. The van der Waals surface area contributed by atoms with Gasteiger partial charge in [-0.05, 0) is 6.92 Å². The molecule has 0 aliphatic heterocycles. The van der Waals surface area contributed by atoms with E-state index in [0.29, 0.717) is 0 Å². The molecule has 1 atom stereocenters. The molecule has 0 amide bonds. The molecule has 0 N–H and O–H groups in total. The van der Waals surface area contributed by atoms with Gasteiger partial charge in [0.2, 0.25) is 0 Å². The fraction of sp³-hybridized carbons (Fsp3) is 0.714. The van der Waals surface area contributed by atoms with E-state index in [4.69, 9.17) is 0 Å². The van der Waals surface area contributed by atoms with Crippen molar-refractivity contribution in [3.63, 3.8) is 0 Å². The molecule has 0 rings (SSSR count). The number of aliphatic imine (C=N–C) groups is 1. The van der Waals surface area contributed by atoms with Crippen LogP contribution in [-0.2, 0) is 4.79 Å². The Balaban J connectivity index is 4.34. The topological polar surface area (TPSA) is 29.4 Å². The summed E-state index contributed by atoms with van der Waals surface area (Å²) in [6.45, 7) is 1.13. The largest absolute Gasteiger partial charge is 0.397 e. The molecule has 0 heterocycles. The number of hydrogen-bond donors (Lipinski definition) is 0. The van der Waals surface area contributed by atoms with E-state index in [0.717, 1.165) is 13.1 Å². The third kappa shape index (κ3) is 4.10. The predicted molar refractivity (Wildman–Crippen MR) is 39.3 cm³/mol. The number of halogens is 3. The van der Waals surface area contributed by atoms with E-state index in [1.165, 1.54) is 7.05 Å². The van der Waals surface area contributed by atoms with Crippen LogP contribution < -0.4 is 0 Å². The first kappa shape index (κ1) is 11.1. The van der Waals surface area contributed by atoms with Gasteiger partial charge in [-0.2, -0.15) is 13.2 Å². The molecule has 2 nitrogen and oxygen atoms in total. The summed E-state index contributed by atoms with van der Waals surface area (Å²) in [5.41, 5.74) is 0. The molecular formula is C7H10F3NO. The maximum absolute atomic E-state index is 12.0. The van der Waals surface area contributed by atoms with Crippen molar-refractivity contribution < 1.29 is 18.0 Å². The molecule has 0 aliphatic carbocycles. The van der Waals surface area contributed by atoms with Crippen LogP contribution in [0.15, 0.2) is 4.99 Å². The van der Waals surface area contributed by atoms with Gasteiger partial charge in [0.15, 0.2) is 0 Å². The summed E-state index contributed by atoms with van der Waals surface area (Å²) in [5.74, 6) is -2.22. The SMILES string of the molecule is CN=CC(CC(C)=O)C(F)(F)F. The zero-order valence-electron chi connectivity index (χ0n) is 6.85. The van der Waals surface area contributed by atoms with E-state index in [-0.39, 0.29) is 0 Å². The van der Waals surface area contributed by atoms with Crippen molar-refractivity contribution in [2.24, 2.45) is 10.9 Å². The summed E-state index contributed by atoms with van der Waals surface area (Å²) in [6, 6.07) is 0. The van der Waals surface area contributed by atoms with Crippen LogP contribution in [0.3, 0.4) is 0 Å². The average Bonchev–Trinajstić information content (AvgIpc) is 1.83. The fourth-order valence-electron chi connectivity index (χ4n) is 0.743. The van der Waals surface area contributed by atoms with E-state index in [1.54, 1.807) is 0 Å². The minimum atomic E-state index is -4.37. The first-order chi connectivity index (χ1) is 5.38. The van der Waals surface area contributed by atoms with Gasteiger partial charge in [0.25, 0.3) is 0 Å².